The van der Waals surface area contributed by atoms with E-state index in [-0.39, 0.29) is 11.8 Å². The Kier molecular flexibility index (Phi) is 5.60. The van der Waals surface area contributed by atoms with Crippen molar-refractivity contribution in [1.82, 2.24) is 5.32 Å². The van der Waals surface area contributed by atoms with Crippen molar-refractivity contribution in [3.05, 3.63) is 53.1 Å². The molecule has 1 aliphatic rings. The second-order valence-electron chi connectivity index (χ2n) is 5.56. The summed E-state index contributed by atoms with van der Waals surface area (Å²) in [7, 11) is 1.70. The number of hydrogen-bond acceptors (Lipinski definition) is 3. The van der Waals surface area contributed by atoms with E-state index in [0.29, 0.717) is 5.02 Å². The molecule has 0 saturated carbocycles. The van der Waals surface area contributed by atoms with Gasteiger partial charge < -0.3 is 15.2 Å². The van der Waals surface area contributed by atoms with Gasteiger partial charge in [-0.1, -0.05) is 11.6 Å². The number of nitrogens with one attached hydrogen (secondary N) is 1. The highest BCUT2D eigenvalue weighted by atomic mass is 127. The van der Waals surface area contributed by atoms with E-state index in [2.05, 4.69) is 62.6 Å². The zero-order valence-corrected chi connectivity index (χ0v) is 17.6. The first kappa shape index (κ1) is 17.6. The lowest BCUT2D eigenvalue weighted by molar-refractivity contribution is 0.408. The smallest absolute Gasteiger partial charge is 0.145 e. The molecule has 0 amide bonds. The first-order chi connectivity index (χ1) is 11.0. The van der Waals surface area contributed by atoms with Gasteiger partial charge >= 0.3 is 0 Å². The summed E-state index contributed by atoms with van der Waals surface area (Å²) in [5, 5.41) is 13.9. The maximum absolute atomic E-state index is 9.94. The molecule has 122 valence electrons. The minimum atomic E-state index is 0.151. The second kappa shape index (κ2) is 7.33. The maximum Gasteiger partial charge on any atom is 0.145 e. The van der Waals surface area contributed by atoms with Gasteiger partial charge in [-0.25, -0.2) is 0 Å². The van der Waals surface area contributed by atoms with Gasteiger partial charge in [-0.15, -0.1) is 0 Å². The number of aromatic hydroxyl groups is 1. The Hall–Kier alpha value is -0.250. The van der Waals surface area contributed by atoms with Gasteiger partial charge in [0.1, 0.15) is 11.5 Å². The van der Waals surface area contributed by atoms with Crippen LogP contribution in [0.15, 0.2) is 24.3 Å². The van der Waals surface area contributed by atoms with Crippen molar-refractivity contribution in [2.45, 2.75) is 18.9 Å². The number of rotatable bonds is 3. The summed E-state index contributed by atoms with van der Waals surface area (Å²) in [4.78, 5) is 0. The fraction of sp³-hybridized carbons (Fsp3) is 0.294. The molecule has 0 unspecified atom stereocenters. The fourth-order valence-electron chi connectivity index (χ4n) is 2.99. The van der Waals surface area contributed by atoms with Crippen LogP contribution in [0.3, 0.4) is 0 Å². The van der Waals surface area contributed by atoms with Gasteiger partial charge in [0.15, 0.2) is 0 Å². The van der Waals surface area contributed by atoms with E-state index in [1.54, 1.807) is 13.2 Å². The lowest BCUT2D eigenvalue weighted by Gasteiger charge is -2.28. The fourth-order valence-corrected chi connectivity index (χ4v) is 5.52. The summed E-state index contributed by atoms with van der Waals surface area (Å²) < 4.78 is 7.65. The Labute approximate surface area is 168 Å². The SMILES string of the molecule is COc1c(I)cc(C[C@H]2NCCc3cc(Cl)c(O)cc32)cc1I. The van der Waals surface area contributed by atoms with Crippen LogP contribution < -0.4 is 10.1 Å². The number of ether oxygens (including phenoxy) is 1. The highest BCUT2D eigenvalue weighted by Crippen LogP contribution is 2.35. The monoisotopic (exact) mass is 555 g/mol. The number of halogens is 3. The highest BCUT2D eigenvalue weighted by Gasteiger charge is 2.22. The predicted octanol–water partition coefficient (Wildman–Crippen LogP) is 4.69. The third kappa shape index (κ3) is 3.72. The minimum Gasteiger partial charge on any atom is -0.506 e. The average molecular weight is 556 g/mol. The van der Waals surface area contributed by atoms with Gasteiger partial charge in [-0.2, -0.15) is 0 Å². The lowest BCUT2D eigenvalue weighted by atomic mass is 9.90. The first-order valence-corrected chi connectivity index (χ1v) is 9.79. The van der Waals surface area contributed by atoms with E-state index in [9.17, 15) is 5.11 Å². The summed E-state index contributed by atoms with van der Waals surface area (Å²) in [5.74, 6) is 1.08. The molecule has 2 N–H and O–H groups in total. The van der Waals surface area contributed by atoms with E-state index in [1.165, 1.54) is 11.1 Å². The number of phenolic OH excluding ortho intramolecular Hbond substituents is 1. The highest BCUT2D eigenvalue weighted by molar-refractivity contribution is 14.1. The van der Waals surface area contributed by atoms with E-state index in [1.807, 2.05) is 6.07 Å². The molecule has 1 heterocycles. The van der Waals surface area contributed by atoms with E-state index in [0.717, 1.165) is 37.8 Å². The number of methoxy groups -OCH3 is 1. The summed E-state index contributed by atoms with van der Waals surface area (Å²) in [6, 6.07) is 8.19. The Balaban J connectivity index is 1.92. The van der Waals surface area contributed by atoms with Crippen molar-refractivity contribution in [1.29, 1.82) is 0 Å². The molecule has 23 heavy (non-hydrogen) atoms. The average Bonchev–Trinajstić information content (AvgIpc) is 2.49. The molecule has 0 aromatic heterocycles. The van der Waals surface area contributed by atoms with Crippen molar-refractivity contribution < 1.29 is 9.84 Å². The van der Waals surface area contributed by atoms with Crippen molar-refractivity contribution in [3.63, 3.8) is 0 Å². The molecule has 0 bridgehead atoms. The number of phenols is 1. The van der Waals surface area contributed by atoms with Crippen molar-refractivity contribution in [2.24, 2.45) is 0 Å². The summed E-state index contributed by atoms with van der Waals surface area (Å²) >= 11 is 10.7. The van der Waals surface area contributed by atoms with Gasteiger partial charge in [0.2, 0.25) is 0 Å². The van der Waals surface area contributed by atoms with Crippen molar-refractivity contribution in [3.8, 4) is 11.5 Å². The molecule has 0 aliphatic carbocycles. The molecule has 0 spiro atoms. The van der Waals surface area contributed by atoms with E-state index >= 15 is 0 Å². The third-order valence-electron chi connectivity index (χ3n) is 4.07. The zero-order valence-electron chi connectivity index (χ0n) is 12.5. The zero-order chi connectivity index (χ0) is 16.6. The Morgan fingerprint density at radius 2 is 1.96 bits per heavy atom. The standard InChI is InChI=1S/C17H16ClI2NO2/c1-23-17-13(19)4-9(5-14(17)20)6-15-11-8-16(22)12(18)7-10(11)2-3-21-15/h4-5,7-8,15,21-22H,2-3,6H2,1H3/t15-/m1/s1. The number of benzene rings is 2. The van der Waals surface area contributed by atoms with Gasteiger partial charge in [-0.05, 0) is 106 Å². The first-order valence-electron chi connectivity index (χ1n) is 7.26. The second-order valence-corrected chi connectivity index (χ2v) is 8.29. The van der Waals surface area contributed by atoms with Crippen molar-refractivity contribution >= 4 is 56.8 Å². The Morgan fingerprint density at radius 3 is 2.61 bits per heavy atom. The van der Waals surface area contributed by atoms with Crippen molar-refractivity contribution in [2.75, 3.05) is 13.7 Å². The summed E-state index contributed by atoms with van der Waals surface area (Å²) in [6.45, 7) is 0.920. The quantitative estimate of drug-likeness (QED) is 0.540. The van der Waals surface area contributed by atoms with Crippen LogP contribution in [0, 0.1) is 7.14 Å². The normalized spacial score (nSPS) is 17.0. The number of fused-ring (bicyclic) bond motifs is 1. The van der Waals surface area contributed by atoms with Crippen LogP contribution in [0.1, 0.15) is 22.7 Å². The summed E-state index contributed by atoms with van der Waals surface area (Å²) in [5.41, 5.74) is 3.60. The van der Waals surface area contributed by atoms with Crippen LogP contribution >= 0.6 is 56.8 Å². The molecule has 0 fully saturated rings. The maximum atomic E-state index is 9.94. The van der Waals surface area contributed by atoms with E-state index in [4.69, 9.17) is 16.3 Å². The molecule has 6 heteroatoms. The van der Waals surface area contributed by atoms with Crippen LogP contribution in [0.25, 0.3) is 0 Å². The Morgan fingerprint density at radius 1 is 1.26 bits per heavy atom. The van der Waals surface area contributed by atoms with Gasteiger partial charge in [0.05, 0.1) is 19.3 Å². The Bertz CT molecular complexity index is 729. The number of hydrogen-bond donors (Lipinski definition) is 2. The molecular formula is C17H16ClI2NO2. The molecular weight excluding hydrogens is 539 g/mol. The van der Waals surface area contributed by atoms with Gasteiger partial charge in [0, 0.05) is 6.04 Å². The molecule has 2 aromatic carbocycles. The lowest BCUT2D eigenvalue weighted by Crippen LogP contribution is -2.31. The molecule has 1 atom stereocenters. The third-order valence-corrected chi connectivity index (χ3v) is 5.98. The summed E-state index contributed by atoms with van der Waals surface area (Å²) in [6.07, 6.45) is 1.80. The largest absolute Gasteiger partial charge is 0.506 e. The predicted molar refractivity (Wildman–Crippen MR) is 110 cm³/mol. The van der Waals surface area contributed by atoms with Gasteiger partial charge in [0.25, 0.3) is 0 Å². The molecule has 3 rings (SSSR count). The minimum absolute atomic E-state index is 0.151. The molecule has 0 radical (unpaired) electrons. The van der Waals surface area contributed by atoms with Gasteiger partial charge in [-0.3, -0.25) is 0 Å². The van der Waals surface area contributed by atoms with Crippen LogP contribution in [-0.2, 0) is 12.8 Å². The molecule has 0 saturated heterocycles. The molecule has 2 aromatic rings. The topological polar surface area (TPSA) is 41.5 Å². The van der Waals surface area contributed by atoms with Crippen LogP contribution in [0.4, 0.5) is 0 Å². The van der Waals surface area contributed by atoms with Crippen LogP contribution in [0.2, 0.25) is 5.02 Å². The molecule has 1 aliphatic heterocycles. The van der Waals surface area contributed by atoms with Crippen LogP contribution in [-0.4, -0.2) is 18.8 Å². The van der Waals surface area contributed by atoms with Crippen LogP contribution in [0.5, 0.6) is 11.5 Å². The molecule has 3 nitrogen and oxygen atoms in total. The van der Waals surface area contributed by atoms with E-state index < -0.39 is 0 Å².